The summed E-state index contributed by atoms with van der Waals surface area (Å²) in [4.78, 5) is 4.88. The molecule has 4 heteroatoms. The fourth-order valence-electron chi connectivity index (χ4n) is 12.5. The summed E-state index contributed by atoms with van der Waals surface area (Å²) < 4.78 is 2.22. The molecular formula is C64H76Br2N2. The Morgan fingerprint density at radius 2 is 0.647 bits per heavy atom. The summed E-state index contributed by atoms with van der Waals surface area (Å²) in [6, 6.07) is 56.1. The minimum absolute atomic E-state index is 0.660. The molecule has 12 rings (SSSR count). The first-order valence-corrected chi connectivity index (χ1v) is 28.5. The Morgan fingerprint density at radius 3 is 0.956 bits per heavy atom. The Hall–Kier alpha value is -4.12. The zero-order valence-corrected chi connectivity index (χ0v) is 44.3. The van der Waals surface area contributed by atoms with E-state index in [1.807, 2.05) is 0 Å². The van der Waals surface area contributed by atoms with Crippen molar-refractivity contribution in [1.29, 1.82) is 0 Å². The number of hydrogen-bond donors (Lipinski definition) is 0. The van der Waals surface area contributed by atoms with Gasteiger partial charge in [0.2, 0.25) is 0 Å². The van der Waals surface area contributed by atoms with Gasteiger partial charge >= 0.3 is 0 Å². The molecule has 356 valence electrons. The summed E-state index contributed by atoms with van der Waals surface area (Å²) in [5.74, 6) is 4.51. The molecule has 6 aliphatic rings. The lowest BCUT2D eigenvalue weighted by atomic mass is 9.63. The van der Waals surface area contributed by atoms with Crippen LogP contribution in [0.1, 0.15) is 164 Å². The topological polar surface area (TPSA) is 6.48 Å². The summed E-state index contributed by atoms with van der Waals surface area (Å²) in [7, 11) is 0. The zero-order valence-electron chi connectivity index (χ0n) is 41.1. The molecule has 6 aromatic rings. The average molecular weight is 1030 g/mol. The molecule has 2 nitrogen and oxygen atoms in total. The standard InChI is InChI=1S/C64H76Br2N2/c1-3-5-7-9-11-47-17-33-57(34-18-47)67(61-41-29-55(65)30-42-61)59-37-25-53(26-38-59)63-45-49-13-21-51(63)23-15-50-14-22-52(24-16-49)64(46-50)54-27-39-60(40-28-54)68(62-43-31-56(66)32-44-62)58-35-19-48(20-36-58)12-10-8-6-4-2/h17-20,25-44,49-52,63-64H,3-16,21-24,45-46H2,1-2H3. The number of hydrogen-bond acceptors (Lipinski definition) is 2. The molecule has 0 spiro atoms. The van der Waals surface area contributed by atoms with E-state index in [0.717, 1.165) is 45.5 Å². The Balaban J connectivity index is 0.891. The smallest absolute Gasteiger partial charge is 0.0462 e. The van der Waals surface area contributed by atoms with Crippen LogP contribution in [0.2, 0.25) is 0 Å². The van der Waals surface area contributed by atoms with Crippen LogP contribution < -0.4 is 9.80 Å². The van der Waals surface area contributed by atoms with Crippen LogP contribution in [0.25, 0.3) is 0 Å². The quantitative estimate of drug-likeness (QED) is 0.0792. The molecule has 0 saturated heterocycles. The number of aryl methyl sites for hydroxylation is 2. The fourth-order valence-corrected chi connectivity index (χ4v) is 13.1. The van der Waals surface area contributed by atoms with Gasteiger partial charge in [0.05, 0.1) is 0 Å². The first-order valence-electron chi connectivity index (χ1n) is 26.9. The number of halogens is 2. The Morgan fingerprint density at radius 1 is 0.353 bits per heavy atom. The highest BCUT2D eigenvalue weighted by Crippen LogP contribution is 2.51. The highest BCUT2D eigenvalue weighted by molar-refractivity contribution is 9.10. The summed E-state index contributed by atoms with van der Waals surface area (Å²) in [5.41, 5.74) is 13.3. The molecule has 6 saturated carbocycles. The van der Waals surface area contributed by atoms with Crippen LogP contribution in [0.4, 0.5) is 34.1 Å². The Bertz CT molecular complexity index is 2250. The maximum atomic E-state index is 3.69. The molecule has 0 aliphatic heterocycles. The van der Waals surface area contributed by atoms with E-state index in [2.05, 4.69) is 201 Å². The fraction of sp³-hybridized carbons (Fsp3) is 0.438. The van der Waals surface area contributed by atoms with Gasteiger partial charge in [-0.2, -0.15) is 0 Å². The lowest BCUT2D eigenvalue weighted by molar-refractivity contribution is 0.145. The third kappa shape index (κ3) is 12.4. The van der Waals surface area contributed by atoms with Crippen LogP contribution in [0, 0.1) is 23.7 Å². The van der Waals surface area contributed by atoms with Crippen molar-refractivity contribution >= 4 is 66.0 Å². The molecular weight excluding hydrogens is 957 g/mol. The first-order chi connectivity index (χ1) is 33.4. The number of nitrogens with zero attached hydrogens (tertiary/aromatic N) is 2. The molecule has 0 radical (unpaired) electrons. The minimum atomic E-state index is 0.660. The average Bonchev–Trinajstić information content (AvgIpc) is 3.37. The minimum Gasteiger partial charge on any atom is -0.311 e. The molecule has 2 unspecified atom stereocenters. The van der Waals surface area contributed by atoms with Crippen molar-refractivity contribution in [3.05, 3.63) is 177 Å². The van der Waals surface area contributed by atoms with E-state index < -0.39 is 0 Å². The predicted octanol–water partition coefficient (Wildman–Crippen LogP) is 20.7. The van der Waals surface area contributed by atoms with Crippen molar-refractivity contribution in [2.24, 2.45) is 23.7 Å². The van der Waals surface area contributed by atoms with Gasteiger partial charge < -0.3 is 9.80 Å². The van der Waals surface area contributed by atoms with Gasteiger partial charge in [0.25, 0.3) is 0 Å². The summed E-state index contributed by atoms with van der Waals surface area (Å²) in [6.07, 6.45) is 26.5. The second kappa shape index (κ2) is 24.1. The number of unbranched alkanes of at least 4 members (excludes halogenated alkanes) is 6. The van der Waals surface area contributed by atoms with Crippen LogP contribution in [0.15, 0.2) is 155 Å². The SMILES string of the molecule is CCCCCCc1ccc(N(c2ccc(Br)cc2)c2ccc(C3CC4CCC3CCC3CCC(CC4)C(c4ccc(N(c5ccc(Br)cc5)c5ccc(CCCCCC)cc5)cc4)C3)cc2)cc1. The van der Waals surface area contributed by atoms with Crippen molar-refractivity contribution in [3.8, 4) is 0 Å². The molecule has 4 bridgehead atoms. The summed E-state index contributed by atoms with van der Waals surface area (Å²) >= 11 is 7.37. The third-order valence-electron chi connectivity index (χ3n) is 16.5. The van der Waals surface area contributed by atoms with E-state index in [4.69, 9.17) is 0 Å². The van der Waals surface area contributed by atoms with Crippen LogP contribution in [0.5, 0.6) is 0 Å². The summed E-state index contributed by atoms with van der Waals surface area (Å²) in [5, 5.41) is 0. The lowest BCUT2D eigenvalue weighted by Crippen LogP contribution is -2.29. The monoisotopic (exact) mass is 1030 g/mol. The van der Waals surface area contributed by atoms with Crippen molar-refractivity contribution in [2.45, 2.75) is 154 Å². The Labute approximate surface area is 427 Å². The van der Waals surface area contributed by atoms with Crippen LogP contribution in [0.3, 0.4) is 0 Å². The molecule has 0 aromatic heterocycles. The highest BCUT2D eigenvalue weighted by atomic mass is 79.9. The second-order valence-corrected chi connectivity index (χ2v) is 22.8. The highest BCUT2D eigenvalue weighted by Gasteiger charge is 2.37. The van der Waals surface area contributed by atoms with Gasteiger partial charge in [-0.05, 0) is 219 Å². The van der Waals surface area contributed by atoms with E-state index in [1.54, 1.807) is 11.1 Å². The summed E-state index contributed by atoms with van der Waals surface area (Å²) in [6.45, 7) is 4.58. The third-order valence-corrected chi connectivity index (χ3v) is 17.5. The number of anilines is 6. The molecule has 6 aromatic carbocycles. The van der Waals surface area contributed by atoms with Gasteiger partial charge in [-0.1, -0.05) is 158 Å². The van der Waals surface area contributed by atoms with Crippen LogP contribution >= 0.6 is 31.9 Å². The van der Waals surface area contributed by atoms with E-state index in [1.165, 1.54) is 161 Å². The van der Waals surface area contributed by atoms with Gasteiger partial charge in [-0.25, -0.2) is 0 Å². The molecule has 6 aliphatic carbocycles. The van der Waals surface area contributed by atoms with Crippen molar-refractivity contribution < 1.29 is 0 Å². The maximum absolute atomic E-state index is 3.69. The molecule has 6 fully saturated rings. The zero-order chi connectivity index (χ0) is 46.7. The van der Waals surface area contributed by atoms with E-state index in [-0.39, 0.29) is 0 Å². The maximum Gasteiger partial charge on any atom is 0.0462 e. The molecule has 0 amide bonds. The normalized spacial score (nSPS) is 21.5. The van der Waals surface area contributed by atoms with Crippen molar-refractivity contribution in [3.63, 3.8) is 0 Å². The lowest BCUT2D eigenvalue weighted by Gasteiger charge is -2.42. The van der Waals surface area contributed by atoms with Gasteiger partial charge in [-0.3, -0.25) is 0 Å². The van der Waals surface area contributed by atoms with Gasteiger partial charge in [0, 0.05) is 43.1 Å². The first kappa shape index (κ1) is 48.9. The molecule has 0 N–H and O–H groups in total. The van der Waals surface area contributed by atoms with Crippen LogP contribution in [-0.4, -0.2) is 0 Å². The van der Waals surface area contributed by atoms with E-state index in [9.17, 15) is 0 Å². The molecule has 0 heterocycles. The van der Waals surface area contributed by atoms with E-state index in [0.29, 0.717) is 11.8 Å². The second-order valence-electron chi connectivity index (χ2n) is 21.0. The van der Waals surface area contributed by atoms with E-state index >= 15 is 0 Å². The van der Waals surface area contributed by atoms with Crippen molar-refractivity contribution in [1.82, 2.24) is 0 Å². The number of benzene rings is 6. The number of rotatable bonds is 18. The largest absolute Gasteiger partial charge is 0.311 e. The predicted molar refractivity (Wildman–Crippen MR) is 299 cm³/mol. The molecule has 68 heavy (non-hydrogen) atoms. The van der Waals surface area contributed by atoms with Gasteiger partial charge in [-0.15, -0.1) is 0 Å². The van der Waals surface area contributed by atoms with Gasteiger partial charge in [0.1, 0.15) is 0 Å². The van der Waals surface area contributed by atoms with Crippen LogP contribution in [-0.2, 0) is 12.8 Å². The van der Waals surface area contributed by atoms with Gasteiger partial charge in [0.15, 0.2) is 0 Å². The van der Waals surface area contributed by atoms with Crippen molar-refractivity contribution in [2.75, 3.05) is 9.80 Å². The Kier molecular flexibility index (Phi) is 17.4. The molecule has 2 atom stereocenters.